The lowest BCUT2D eigenvalue weighted by molar-refractivity contribution is 0.660. The summed E-state index contributed by atoms with van der Waals surface area (Å²) in [6, 6.07) is 3.50. The number of rotatable bonds is 3. The first-order chi connectivity index (χ1) is 8.67. The Bertz CT molecular complexity index is 672. The van der Waals surface area contributed by atoms with Crippen molar-refractivity contribution in [3.8, 4) is 6.07 Å². The van der Waals surface area contributed by atoms with E-state index in [9.17, 15) is 4.79 Å². The Hall–Kier alpha value is -1.78. The van der Waals surface area contributed by atoms with E-state index in [1.54, 1.807) is 0 Å². The number of H-pyrrole nitrogens is 1. The molecule has 0 unspecified atom stereocenters. The molecular formula is C10H8ClN5OS. The van der Waals surface area contributed by atoms with Gasteiger partial charge >= 0.3 is 5.69 Å². The average molecular weight is 282 g/mol. The number of hydrogen-bond acceptors (Lipinski definition) is 5. The van der Waals surface area contributed by atoms with Gasteiger partial charge in [-0.3, -0.25) is 4.57 Å². The molecule has 0 fully saturated rings. The Balaban J connectivity index is 2.41. The fraction of sp³-hybridized carbons (Fsp3) is 0.200. The van der Waals surface area contributed by atoms with Crippen LogP contribution in [0.4, 0.5) is 0 Å². The van der Waals surface area contributed by atoms with Crippen LogP contribution in [0, 0.1) is 11.3 Å². The molecule has 6 nitrogen and oxygen atoms in total. The van der Waals surface area contributed by atoms with Gasteiger partial charge < -0.3 is 0 Å². The molecule has 0 atom stereocenters. The third-order valence-corrected chi connectivity index (χ3v) is 3.70. The summed E-state index contributed by atoms with van der Waals surface area (Å²) in [5.41, 5.74) is 0.0580. The first kappa shape index (κ1) is 12.7. The molecule has 0 saturated heterocycles. The second-order valence-corrected chi connectivity index (χ2v) is 4.58. The molecule has 0 aliphatic rings. The maximum Gasteiger partial charge on any atom is 0.343 e. The number of nitrogens with one attached hydrogen (secondary N) is 1. The molecule has 0 aliphatic heterocycles. The number of halogens is 1. The zero-order valence-electron chi connectivity index (χ0n) is 9.35. The molecule has 0 bridgehead atoms. The monoisotopic (exact) mass is 281 g/mol. The number of hydrogen-bond donors (Lipinski definition) is 1. The highest BCUT2D eigenvalue weighted by Crippen LogP contribution is 2.31. The van der Waals surface area contributed by atoms with Crippen molar-refractivity contribution in [1.82, 2.24) is 19.7 Å². The third-order valence-electron chi connectivity index (χ3n) is 2.21. The van der Waals surface area contributed by atoms with Gasteiger partial charge in [0.15, 0.2) is 5.16 Å². The lowest BCUT2D eigenvalue weighted by atomic mass is 10.3. The highest BCUT2D eigenvalue weighted by atomic mass is 35.5. The summed E-state index contributed by atoms with van der Waals surface area (Å²) in [7, 11) is 0. The Morgan fingerprint density at radius 3 is 3.11 bits per heavy atom. The summed E-state index contributed by atoms with van der Waals surface area (Å²) < 4.78 is 1.46. The van der Waals surface area contributed by atoms with Crippen LogP contribution in [0.5, 0.6) is 0 Å². The van der Waals surface area contributed by atoms with E-state index >= 15 is 0 Å². The van der Waals surface area contributed by atoms with E-state index in [1.807, 2.05) is 13.0 Å². The lowest BCUT2D eigenvalue weighted by Gasteiger charge is -2.03. The van der Waals surface area contributed by atoms with E-state index in [0.717, 1.165) is 11.8 Å². The summed E-state index contributed by atoms with van der Waals surface area (Å²) in [6.07, 6.45) is 1.49. The van der Waals surface area contributed by atoms with Gasteiger partial charge in [0.2, 0.25) is 0 Å². The SMILES string of the molecule is CCn1c(Sc2nccc(C#N)c2Cl)n[nH]c1=O. The van der Waals surface area contributed by atoms with Crippen LogP contribution in [0.1, 0.15) is 12.5 Å². The maximum atomic E-state index is 11.4. The highest BCUT2D eigenvalue weighted by molar-refractivity contribution is 7.99. The van der Waals surface area contributed by atoms with Gasteiger partial charge in [-0.05, 0) is 24.8 Å². The minimum absolute atomic E-state index is 0.267. The molecule has 2 aromatic heterocycles. The summed E-state index contributed by atoms with van der Waals surface area (Å²) in [5, 5.41) is 16.3. The molecule has 2 rings (SSSR count). The normalized spacial score (nSPS) is 10.3. The Kier molecular flexibility index (Phi) is 3.69. The van der Waals surface area contributed by atoms with E-state index < -0.39 is 0 Å². The van der Waals surface area contributed by atoms with Gasteiger partial charge in [0.1, 0.15) is 11.1 Å². The molecule has 2 heterocycles. The quantitative estimate of drug-likeness (QED) is 0.924. The Morgan fingerprint density at radius 2 is 2.44 bits per heavy atom. The minimum Gasteiger partial charge on any atom is -0.270 e. The van der Waals surface area contributed by atoms with E-state index in [1.165, 1.54) is 16.8 Å². The lowest BCUT2D eigenvalue weighted by Crippen LogP contribution is -2.16. The Labute approximate surface area is 112 Å². The van der Waals surface area contributed by atoms with E-state index in [4.69, 9.17) is 16.9 Å². The van der Waals surface area contributed by atoms with E-state index in [2.05, 4.69) is 15.2 Å². The second-order valence-electron chi connectivity index (χ2n) is 3.25. The molecule has 18 heavy (non-hydrogen) atoms. The molecule has 0 spiro atoms. The number of aromatic amines is 1. The van der Waals surface area contributed by atoms with Crippen LogP contribution in [-0.4, -0.2) is 19.7 Å². The number of nitriles is 1. The van der Waals surface area contributed by atoms with Crippen molar-refractivity contribution >= 4 is 23.4 Å². The van der Waals surface area contributed by atoms with Crippen molar-refractivity contribution < 1.29 is 0 Å². The number of aromatic nitrogens is 4. The van der Waals surface area contributed by atoms with Crippen molar-refractivity contribution in [2.24, 2.45) is 0 Å². The summed E-state index contributed by atoms with van der Waals surface area (Å²) >= 11 is 7.17. The summed E-state index contributed by atoms with van der Waals surface area (Å²) in [5.74, 6) is 0. The van der Waals surface area contributed by atoms with Gasteiger partial charge in [-0.25, -0.2) is 14.9 Å². The van der Waals surface area contributed by atoms with Crippen molar-refractivity contribution in [3.05, 3.63) is 33.3 Å². The fourth-order valence-electron chi connectivity index (χ4n) is 1.33. The predicted octanol–water partition coefficient (Wildman–Crippen LogP) is 1.66. The van der Waals surface area contributed by atoms with Crippen LogP contribution in [0.3, 0.4) is 0 Å². The molecule has 1 N–H and O–H groups in total. The average Bonchev–Trinajstić information content (AvgIpc) is 2.72. The summed E-state index contributed by atoms with van der Waals surface area (Å²) in [4.78, 5) is 15.5. The predicted molar refractivity (Wildman–Crippen MR) is 66.6 cm³/mol. The van der Waals surface area contributed by atoms with Crippen LogP contribution in [0.2, 0.25) is 5.02 Å². The molecular weight excluding hydrogens is 274 g/mol. The molecule has 2 aromatic rings. The van der Waals surface area contributed by atoms with Crippen molar-refractivity contribution in [3.63, 3.8) is 0 Å². The van der Waals surface area contributed by atoms with Crippen LogP contribution < -0.4 is 5.69 Å². The van der Waals surface area contributed by atoms with Gasteiger partial charge in [0.25, 0.3) is 0 Å². The number of pyridine rings is 1. The van der Waals surface area contributed by atoms with Gasteiger partial charge in [0, 0.05) is 12.7 Å². The van der Waals surface area contributed by atoms with Crippen LogP contribution in [0.25, 0.3) is 0 Å². The zero-order chi connectivity index (χ0) is 13.1. The third kappa shape index (κ3) is 2.25. The van der Waals surface area contributed by atoms with Gasteiger partial charge in [-0.15, -0.1) is 5.10 Å². The topological polar surface area (TPSA) is 87.4 Å². The second kappa shape index (κ2) is 5.25. The van der Waals surface area contributed by atoms with Crippen molar-refractivity contribution in [2.45, 2.75) is 23.7 Å². The summed E-state index contributed by atoms with van der Waals surface area (Å²) in [6.45, 7) is 2.33. The molecule has 0 aromatic carbocycles. The molecule has 0 amide bonds. The van der Waals surface area contributed by atoms with E-state index in [-0.39, 0.29) is 10.7 Å². The standard InChI is InChI=1S/C10H8ClN5OS/c1-2-16-9(17)14-15-10(16)18-8-7(11)6(5-12)3-4-13-8/h3-4H,2H2,1H3,(H,14,17). The largest absolute Gasteiger partial charge is 0.343 e. The highest BCUT2D eigenvalue weighted by Gasteiger charge is 2.13. The minimum atomic E-state index is -0.285. The van der Waals surface area contributed by atoms with Gasteiger partial charge in [-0.2, -0.15) is 5.26 Å². The van der Waals surface area contributed by atoms with Crippen LogP contribution >= 0.6 is 23.4 Å². The maximum absolute atomic E-state index is 11.4. The van der Waals surface area contributed by atoms with Crippen molar-refractivity contribution in [1.29, 1.82) is 5.26 Å². The van der Waals surface area contributed by atoms with Gasteiger partial charge in [-0.1, -0.05) is 11.6 Å². The van der Waals surface area contributed by atoms with Crippen molar-refractivity contribution in [2.75, 3.05) is 0 Å². The molecule has 92 valence electrons. The molecule has 0 saturated carbocycles. The van der Waals surface area contributed by atoms with Gasteiger partial charge in [0.05, 0.1) is 10.6 Å². The smallest absolute Gasteiger partial charge is 0.270 e. The van der Waals surface area contributed by atoms with Crippen LogP contribution in [-0.2, 0) is 6.54 Å². The molecule has 0 aliphatic carbocycles. The first-order valence-electron chi connectivity index (χ1n) is 5.05. The number of nitrogens with zero attached hydrogens (tertiary/aromatic N) is 4. The first-order valence-corrected chi connectivity index (χ1v) is 6.24. The Morgan fingerprint density at radius 1 is 1.67 bits per heavy atom. The van der Waals surface area contributed by atoms with Crippen LogP contribution in [0.15, 0.2) is 27.2 Å². The fourth-order valence-corrected chi connectivity index (χ4v) is 2.50. The molecule has 0 radical (unpaired) electrons. The van der Waals surface area contributed by atoms with E-state index in [0.29, 0.717) is 22.3 Å². The zero-order valence-corrected chi connectivity index (χ0v) is 10.9. The molecule has 8 heteroatoms.